The molecule has 1 atom stereocenters. The van der Waals surface area contributed by atoms with Crippen LogP contribution in [-0.4, -0.2) is 20.8 Å². The summed E-state index contributed by atoms with van der Waals surface area (Å²) in [4.78, 5) is 4.23. The second-order valence-electron chi connectivity index (χ2n) is 5.75. The lowest BCUT2D eigenvalue weighted by atomic mass is 10.1. The molecule has 3 aromatic rings. The third-order valence-electron chi connectivity index (χ3n) is 4.16. The van der Waals surface area contributed by atoms with Gasteiger partial charge in [-0.3, -0.25) is 0 Å². The predicted octanol–water partition coefficient (Wildman–Crippen LogP) is 2.78. The molecule has 1 aliphatic heterocycles. The van der Waals surface area contributed by atoms with Crippen molar-refractivity contribution in [1.82, 2.24) is 20.1 Å². The first kappa shape index (κ1) is 14.1. The molecule has 23 heavy (non-hydrogen) atoms. The van der Waals surface area contributed by atoms with Crippen molar-refractivity contribution < 1.29 is 8.81 Å². The van der Waals surface area contributed by atoms with Gasteiger partial charge in [0, 0.05) is 18.0 Å². The molecule has 0 saturated carbocycles. The van der Waals surface area contributed by atoms with E-state index in [0.717, 1.165) is 42.3 Å². The zero-order chi connectivity index (χ0) is 15.6. The molecule has 1 aromatic carbocycles. The van der Waals surface area contributed by atoms with Crippen LogP contribution in [0.15, 0.2) is 47.1 Å². The van der Waals surface area contributed by atoms with Gasteiger partial charge in [-0.2, -0.15) is 5.10 Å². The second-order valence-corrected chi connectivity index (χ2v) is 5.75. The van der Waals surface area contributed by atoms with Gasteiger partial charge in [0.1, 0.15) is 29.5 Å². The van der Waals surface area contributed by atoms with E-state index in [1.54, 1.807) is 18.5 Å². The summed E-state index contributed by atoms with van der Waals surface area (Å²) in [6, 6.07) is 10.6. The van der Waals surface area contributed by atoms with Crippen molar-refractivity contribution in [2.24, 2.45) is 0 Å². The Hall–Kier alpha value is -2.47. The zero-order valence-electron chi connectivity index (χ0n) is 12.6. The van der Waals surface area contributed by atoms with Gasteiger partial charge in [-0.1, -0.05) is 0 Å². The maximum atomic E-state index is 13.0. The Morgan fingerprint density at radius 2 is 2.09 bits per heavy atom. The minimum atomic E-state index is -0.244. The normalized spacial score (nSPS) is 17.2. The Morgan fingerprint density at radius 1 is 1.22 bits per heavy atom. The van der Waals surface area contributed by atoms with E-state index in [4.69, 9.17) is 4.42 Å². The third kappa shape index (κ3) is 3.03. The fourth-order valence-electron chi connectivity index (χ4n) is 2.89. The lowest BCUT2D eigenvalue weighted by Crippen LogP contribution is -2.37. The Bertz CT molecular complexity index is 793. The Balaban J connectivity index is 1.38. The fraction of sp³-hybridized carbons (Fsp3) is 0.294. The van der Waals surface area contributed by atoms with Crippen LogP contribution in [0.5, 0.6) is 0 Å². The van der Waals surface area contributed by atoms with Crippen molar-refractivity contribution in [3.8, 4) is 11.3 Å². The van der Waals surface area contributed by atoms with E-state index in [9.17, 15) is 4.39 Å². The molecule has 1 N–H and O–H groups in total. The molecule has 0 fully saturated rings. The number of aromatic nitrogens is 3. The minimum absolute atomic E-state index is 0.244. The van der Waals surface area contributed by atoms with E-state index in [1.807, 2.05) is 16.8 Å². The van der Waals surface area contributed by atoms with Crippen LogP contribution < -0.4 is 5.32 Å². The van der Waals surface area contributed by atoms with Crippen molar-refractivity contribution in [2.45, 2.75) is 32.0 Å². The predicted molar refractivity (Wildman–Crippen MR) is 83.1 cm³/mol. The summed E-state index contributed by atoms with van der Waals surface area (Å²) in [7, 11) is 0. The van der Waals surface area contributed by atoms with Gasteiger partial charge in [0.2, 0.25) is 0 Å². The highest BCUT2D eigenvalue weighted by Crippen LogP contribution is 2.22. The lowest BCUT2D eigenvalue weighted by molar-refractivity contribution is 0.345. The van der Waals surface area contributed by atoms with Gasteiger partial charge in [-0.05, 0) is 42.8 Å². The molecular formula is C17H17FN4O. The summed E-state index contributed by atoms with van der Waals surface area (Å²) in [5.41, 5.74) is 0.877. The molecule has 0 amide bonds. The maximum Gasteiger partial charge on any atom is 0.138 e. The molecule has 1 aliphatic rings. The molecule has 0 unspecified atom stereocenters. The fourth-order valence-corrected chi connectivity index (χ4v) is 2.89. The average molecular weight is 312 g/mol. The summed E-state index contributed by atoms with van der Waals surface area (Å²) in [6.45, 7) is 1.50. The molecule has 0 aliphatic carbocycles. The van der Waals surface area contributed by atoms with Crippen LogP contribution in [0, 0.1) is 5.82 Å². The summed E-state index contributed by atoms with van der Waals surface area (Å²) >= 11 is 0. The monoisotopic (exact) mass is 312 g/mol. The number of hydrogen-bond donors (Lipinski definition) is 1. The molecular weight excluding hydrogens is 295 g/mol. The number of rotatable bonds is 4. The highest BCUT2D eigenvalue weighted by atomic mass is 19.1. The summed E-state index contributed by atoms with van der Waals surface area (Å²) in [5, 5.41) is 7.72. The number of aryl methyl sites for hydroxylation is 1. The van der Waals surface area contributed by atoms with Gasteiger partial charge >= 0.3 is 0 Å². The zero-order valence-corrected chi connectivity index (χ0v) is 12.6. The molecule has 5 nitrogen and oxygen atoms in total. The molecule has 0 bridgehead atoms. The van der Waals surface area contributed by atoms with Gasteiger partial charge in [0.05, 0.1) is 13.1 Å². The van der Waals surface area contributed by atoms with Gasteiger partial charge < -0.3 is 9.73 Å². The number of fused-ring (bicyclic) bond motifs is 1. The highest BCUT2D eigenvalue weighted by Gasteiger charge is 2.19. The number of halogens is 1. The van der Waals surface area contributed by atoms with Crippen LogP contribution in [-0.2, 0) is 19.5 Å². The number of nitrogens with zero attached hydrogens (tertiary/aromatic N) is 3. The molecule has 4 rings (SSSR count). The summed E-state index contributed by atoms with van der Waals surface area (Å²) < 4.78 is 20.8. The summed E-state index contributed by atoms with van der Waals surface area (Å²) in [6.07, 6.45) is 3.60. The van der Waals surface area contributed by atoms with Crippen molar-refractivity contribution in [3.63, 3.8) is 0 Å². The van der Waals surface area contributed by atoms with E-state index in [2.05, 4.69) is 15.4 Å². The smallest absolute Gasteiger partial charge is 0.138 e. The minimum Gasteiger partial charge on any atom is -0.460 e. The quantitative estimate of drug-likeness (QED) is 0.805. The van der Waals surface area contributed by atoms with Crippen LogP contribution in [0.3, 0.4) is 0 Å². The lowest BCUT2D eigenvalue weighted by Gasteiger charge is -2.23. The molecule has 3 heterocycles. The SMILES string of the molecule is Fc1ccc(-c2ccc(CN[C@@H]3CCc4ncnn4C3)o2)cc1. The Kier molecular flexibility index (Phi) is 3.67. The van der Waals surface area contributed by atoms with E-state index >= 15 is 0 Å². The molecule has 6 heteroatoms. The van der Waals surface area contributed by atoms with Crippen LogP contribution >= 0.6 is 0 Å². The topological polar surface area (TPSA) is 55.9 Å². The van der Waals surface area contributed by atoms with E-state index < -0.39 is 0 Å². The first-order chi connectivity index (χ1) is 11.3. The van der Waals surface area contributed by atoms with Gasteiger partial charge in [-0.25, -0.2) is 14.1 Å². The highest BCUT2D eigenvalue weighted by molar-refractivity contribution is 5.57. The summed E-state index contributed by atoms with van der Waals surface area (Å²) in [5.74, 6) is 2.43. The van der Waals surface area contributed by atoms with E-state index in [-0.39, 0.29) is 5.82 Å². The van der Waals surface area contributed by atoms with Crippen LogP contribution in [0.2, 0.25) is 0 Å². The number of benzene rings is 1. The maximum absolute atomic E-state index is 13.0. The van der Waals surface area contributed by atoms with Crippen LogP contribution in [0.1, 0.15) is 18.0 Å². The first-order valence-corrected chi connectivity index (χ1v) is 7.72. The largest absolute Gasteiger partial charge is 0.460 e. The van der Waals surface area contributed by atoms with Crippen molar-refractivity contribution in [3.05, 3.63) is 60.1 Å². The Labute approximate surface area is 133 Å². The van der Waals surface area contributed by atoms with Gasteiger partial charge in [-0.15, -0.1) is 0 Å². The van der Waals surface area contributed by atoms with Crippen LogP contribution in [0.25, 0.3) is 11.3 Å². The van der Waals surface area contributed by atoms with Crippen molar-refractivity contribution >= 4 is 0 Å². The molecule has 2 aromatic heterocycles. The first-order valence-electron chi connectivity index (χ1n) is 7.72. The van der Waals surface area contributed by atoms with Crippen LogP contribution in [0.4, 0.5) is 4.39 Å². The average Bonchev–Trinajstić information content (AvgIpc) is 3.22. The van der Waals surface area contributed by atoms with Crippen molar-refractivity contribution in [2.75, 3.05) is 0 Å². The molecule has 118 valence electrons. The van der Waals surface area contributed by atoms with Gasteiger partial charge in [0.15, 0.2) is 0 Å². The number of nitrogens with one attached hydrogen (secondary N) is 1. The van der Waals surface area contributed by atoms with Gasteiger partial charge in [0.25, 0.3) is 0 Å². The number of furan rings is 1. The van der Waals surface area contributed by atoms with E-state index in [1.165, 1.54) is 12.1 Å². The third-order valence-corrected chi connectivity index (χ3v) is 4.16. The molecule has 0 radical (unpaired) electrons. The Morgan fingerprint density at radius 3 is 2.96 bits per heavy atom. The standard InChI is InChI=1S/C17H17FN4O/c18-13-3-1-12(2-4-13)16-7-6-15(23-16)9-19-14-5-8-17-20-11-21-22(17)10-14/h1-4,6-7,11,14,19H,5,8-10H2/t14-/m1/s1. The van der Waals surface area contributed by atoms with E-state index in [0.29, 0.717) is 12.6 Å². The van der Waals surface area contributed by atoms with Crippen molar-refractivity contribution in [1.29, 1.82) is 0 Å². The molecule has 0 spiro atoms. The number of hydrogen-bond acceptors (Lipinski definition) is 4. The second kappa shape index (κ2) is 5.96. The molecule has 0 saturated heterocycles.